The maximum Gasteiger partial charge on any atom is 0.226 e. The number of nitrogens with zero attached hydrogens (tertiary/aromatic N) is 3. The molecule has 7 heteroatoms. The van der Waals surface area contributed by atoms with Crippen molar-refractivity contribution in [3.05, 3.63) is 83.4 Å². The van der Waals surface area contributed by atoms with Crippen LogP contribution in [0.5, 0.6) is 0 Å². The van der Waals surface area contributed by atoms with Gasteiger partial charge in [-0.25, -0.2) is 0 Å². The number of carbonyl (C=O) groups excluding carboxylic acids is 1. The molecule has 1 amide bonds. The Hall–Kier alpha value is -3.19. The van der Waals surface area contributed by atoms with E-state index in [2.05, 4.69) is 57.3 Å². The molecule has 3 aromatic rings. The molecule has 0 bridgehead atoms. The molecular weight excluding hydrogens is 430 g/mol. The van der Waals surface area contributed by atoms with Gasteiger partial charge in [0.05, 0.1) is 17.8 Å². The van der Waals surface area contributed by atoms with Gasteiger partial charge in [-0.15, -0.1) is 0 Å². The van der Waals surface area contributed by atoms with Crippen LogP contribution in [0.1, 0.15) is 60.9 Å². The molecule has 4 rings (SSSR count). The number of hydrogen-bond donors (Lipinski definition) is 2. The van der Waals surface area contributed by atoms with E-state index in [1.165, 1.54) is 0 Å². The first-order valence-corrected chi connectivity index (χ1v) is 11.8. The highest BCUT2D eigenvalue weighted by Gasteiger charge is 2.41. The second kappa shape index (κ2) is 9.75. The zero-order valence-electron chi connectivity index (χ0n) is 19.6. The van der Waals surface area contributed by atoms with Gasteiger partial charge in [-0.2, -0.15) is 0 Å². The topological polar surface area (TPSA) is 62.2 Å². The first-order chi connectivity index (χ1) is 15.8. The Balaban J connectivity index is 1.57. The molecule has 1 saturated heterocycles. The largest absolute Gasteiger partial charge is 0.352 e. The lowest BCUT2D eigenvalue weighted by Crippen LogP contribution is -2.33. The van der Waals surface area contributed by atoms with Gasteiger partial charge in [0.1, 0.15) is 0 Å². The number of anilines is 1. The molecule has 2 atom stereocenters. The Bertz CT molecular complexity index is 1140. The molecule has 0 saturated carbocycles. The summed E-state index contributed by atoms with van der Waals surface area (Å²) >= 11 is 5.74. The molecule has 3 heterocycles. The van der Waals surface area contributed by atoms with Crippen molar-refractivity contribution in [2.45, 2.75) is 52.2 Å². The molecule has 2 N–H and O–H groups in total. The first-order valence-electron chi connectivity index (χ1n) is 11.4. The number of amides is 1. The van der Waals surface area contributed by atoms with Gasteiger partial charge in [-0.05, 0) is 81.4 Å². The van der Waals surface area contributed by atoms with E-state index < -0.39 is 0 Å². The van der Waals surface area contributed by atoms with Crippen molar-refractivity contribution in [3.63, 3.8) is 0 Å². The molecule has 0 aliphatic carbocycles. The van der Waals surface area contributed by atoms with Gasteiger partial charge in [0, 0.05) is 42.8 Å². The predicted octanol–water partition coefficient (Wildman–Crippen LogP) is 5.08. The van der Waals surface area contributed by atoms with Crippen molar-refractivity contribution >= 4 is 28.9 Å². The fourth-order valence-electron chi connectivity index (χ4n) is 4.40. The van der Waals surface area contributed by atoms with E-state index in [9.17, 15) is 4.79 Å². The van der Waals surface area contributed by atoms with Crippen LogP contribution in [0.15, 0.2) is 60.9 Å². The van der Waals surface area contributed by atoms with Crippen LogP contribution in [0.4, 0.5) is 5.69 Å². The van der Waals surface area contributed by atoms with Crippen LogP contribution >= 0.6 is 12.2 Å². The van der Waals surface area contributed by atoms with E-state index in [0.717, 1.165) is 28.2 Å². The minimum atomic E-state index is -0.0896. The Labute approximate surface area is 201 Å². The van der Waals surface area contributed by atoms with E-state index in [-0.39, 0.29) is 18.0 Å². The van der Waals surface area contributed by atoms with Gasteiger partial charge in [0.15, 0.2) is 5.11 Å². The van der Waals surface area contributed by atoms with Crippen molar-refractivity contribution in [2.24, 2.45) is 0 Å². The summed E-state index contributed by atoms with van der Waals surface area (Å²) in [5, 5.41) is 7.17. The van der Waals surface area contributed by atoms with Gasteiger partial charge in [-0.3, -0.25) is 9.78 Å². The van der Waals surface area contributed by atoms with Crippen molar-refractivity contribution in [1.29, 1.82) is 0 Å². The molecule has 0 spiro atoms. The summed E-state index contributed by atoms with van der Waals surface area (Å²) < 4.78 is 2.26. The van der Waals surface area contributed by atoms with Crippen molar-refractivity contribution in [1.82, 2.24) is 19.8 Å². The monoisotopic (exact) mass is 461 g/mol. The SMILES string of the molecule is Cc1ccc(C)c(NC(=O)CCN2C(=S)N[C@@H](c3ccccn3)[C@@H]2c2cccn2C(C)C)c1. The molecule has 0 unspecified atom stereocenters. The summed E-state index contributed by atoms with van der Waals surface area (Å²) in [5.74, 6) is -0.0224. The first kappa shape index (κ1) is 23.0. The summed E-state index contributed by atoms with van der Waals surface area (Å²) in [6.45, 7) is 8.88. The lowest BCUT2D eigenvalue weighted by molar-refractivity contribution is -0.116. The third kappa shape index (κ3) is 4.93. The molecule has 1 aromatic carbocycles. The van der Waals surface area contributed by atoms with Gasteiger partial charge in [0.25, 0.3) is 0 Å². The Morgan fingerprint density at radius 1 is 1.18 bits per heavy atom. The number of thiocarbonyl (C=S) groups is 1. The zero-order chi connectivity index (χ0) is 23.5. The van der Waals surface area contributed by atoms with Crippen molar-refractivity contribution in [2.75, 3.05) is 11.9 Å². The fraction of sp³-hybridized carbons (Fsp3) is 0.346. The molecule has 6 nitrogen and oxygen atoms in total. The highest BCUT2D eigenvalue weighted by atomic mass is 32.1. The summed E-state index contributed by atoms with van der Waals surface area (Å²) in [6, 6.07) is 16.4. The van der Waals surface area contributed by atoms with Gasteiger partial charge in [-0.1, -0.05) is 18.2 Å². The average Bonchev–Trinajstić information content (AvgIpc) is 3.40. The van der Waals surface area contributed by atoms with E-state index in [1.54, 1.807) is 6.20 Å². The fourth-order valence-corrected chi connectivity index (χ4v) is 4.73. The number of hydrogen-bond acceptors (Lipinski definition) is 3. The molecule has 2 aromatic heterocycles. The standard InChI is InChI=1S/C26H31N5OS/c1-17(2)30-14-7-9-22(30)25-24(20-8-5-6-13-27-20)29-26(33)31(25)15-12-23(32)28-21-16-18(3)10-11-19(21)4/h5-11,13-14,16-17,24-25H,12,15H2,1-4H3,(H,28,32)(H,29,33)/t24-,25-/m0/s1. The van der Waals surface area contributed by atoms with Gasteiger partial charge < -0.3 is 20.1 Å². The summed E-state index contributed by atoms with van der Waals surface area (Å²) in [5.41, 5.74) is 5.12. The maximum atomic E-state index is 12.8. The van der Waals surface area contributed by atoms with E-state index in [4.69, 9.17) is 12.2 Å². The Kier molecular flexibility index (Phi) is 6.79. The summed E-state index contributed by atoms with van der Waals surface area (Å²) in [4.78, 5) is 19.6. The maximum absolute atomic E-state index is 12.8. The van der Waals surface area contributed by atoms with Crippen LogP contribution in [-0.2, 0) is 4.79 Å². The lowest BCUT2D eigenvalue weighted by atomic mass is 10.0. The third-order valence-corrected chi connectivity index (χ3v) is 6.47. The molecule has 1 aliphatic heterocycles. The van der Waals surface area contributed by atoms with Crippen molar-refractivity contribution in [3.8, 4) is 0 Å². The minimum absolute atomic E-state index is 0.0224. The highest BCUT2D eigenvalue weighted by molar-refractivity contribution is 7.80. The second-order valence-electron chi connectivity index (χ2n) is 8.87. The smallest absolute Gasteiger partial charge is 0.226 e. The number of nitrogens with one attached hydrogen (secondary N) is 2. The van der Waals surface area contributed by atoms with Crippen LogP contribution in [0.2, 0.25) is 0 Å². The number of carbonyl (C=O) groups is 1. The number of pyridine rings is 1. The molecule has 172 valence electrons. The Morgan fingerprint density at radius 2 is 2.00 bits per heavy atom. The molecule has 1 aliphatic rings. The van der Waals surface area contributed by atoms with E-state index in [1.807, 2.05) is 50.2 Å². The number of aromatic nitrogens is 2. The predicted molar refractivity (Wildman–Crippen MR) is 136 cm³/mol. The van der Waals surface area contributed by atoms with Crippen LogP contribution < -0.4 is 10.6 Å². The molecule has 33 heavy (non-hydrogen) atoms. The molecule has 1 fully saturated rings. The van der Waals surface area contributed by atoms with Gasteiger partial charge in [0.2, 0.25) is 5.91 Å². The minimum Gasteiger partial charge on any atom is -0.352 e. The Morgan fingerprint density at radius 3 is 2.73 bits per heavy atom. The summed E-state index contributed by atoms with van der Waals surface area (Å²) in [7, 11) is 0. The number of aryl methyl sites for hydroxylation is 2. The normalized spacial score (nSPS) is 18.0. The third-order valence-electron chi connectivity index (χ3n) is 6.12. The number of benzene rings is 1. The zero-order valence-corrected chi connectivity index (χ0v) is 20.4. The van der Waals surface area contributed by atoms with E-state index in [0.29, 0.717) is 24.1 Å². The second-order valence-corrected chi connectivity index (χ2v) is 9.26. The quantitative estimate of drug-likeness (QED) is 0.481. The van der Waals surface area contributed by atoms with Gasteiger partial charge >= 0.3 is 0 Å². The average molecular weight is 462 g/mol. The van der Waals surface area contributed by atoms with Crippen LogP contribution in [0, 0.1) is 13.8 Å². The molecular formula is C26H31N5OS. The van der Waals surface area contributed by atoms with E-state index >= 15 is 0 Å². The lowest BCUT2D eigenvalue weighted by Gasteiger charge is -2.29. The number of rotatable bonds is 7. The highest BCUT2D eigenvalue weighted by Crippen LogP contribution is 2.39. The van der Waals surface area contributed by atoms with Crippen LogP contribution in [0.3, 0.4) is 0 Å². The van der Waals surface area contributed by atoms with Crippen molar-refractivity contribution < 1.29 is 4.79 Å². The molecule has 0 radical (unpaired) electrons. The summed E-state index contributed by atoms with van der Waals surface area (Å²) in [6.07, 6.45) is 4.24. The van der Waals surface area contributed by atoms with Crippen LogP contribution in [-0.4, -0.2) is 32.0 Å². The van der Waals surface area contributed by atoms with Crippen LogP contribution in [0.25, 0.3) is 0 Å².